The Hall–Kier alpha value is -0.643. The fourth-order valence-electron chi connectivity index (χ4n) is 3.75. The minimum Gasteiger partial charge on any atom is -0.495 e. The van der Waals surface area contributed by atoms with Crippen molar-refractivity contribution in [3.05, 3.63) is 27.2 Å². The fraction of sp³-hybridized carbons (Fsp3) is 0.667. The molecule has 30 heavy (non-hydrogen) atoms. The van der Waals surface area contributed by atoms with Crippen molar-refractivity contribution < 1.29 is 23.5 Å². The summed E-state index contributed by atoms with van der Waals surface area (Å²) in [6.07, 6.45) is -0.497. The van der Waals surface area contributed by atoms with Crippen molar-refractivity contribution in [2.24, 2.45) is 5.92 Å². The number of fused-ring (bicyclic) bond motifs is 1. The summed E-state index contributed by atoms with van der Waals surface area (Å²) in [6.45, 7) is 13.7. The molecule has 0 radical (unpaired) electrons. The molecule has 3 rings (SSSR count). The number of carbonyl (C=O) groups is 1. The van der Waals surface area contributed by atoms with Crippen LogP contribution in [0.25, 0.3) is 0 Å². The van der Waals surface area contributed by atoms with E-state index in [0.29, 0.717) is 23.9 Å². The molecule has 9 heteroatoms. The van der Waals surface area contributed by atoms with E-state index in [9.17, 15) is 4.79 Å². The Morgan fingerprint density at radius 3 is 2.57 bits per heavy atom. The highest BCUT2D eigenvalue weighted by Gasteiger charge is 2.57. The van der Waals surface area contributed by atoms with Gasteiger partial charge in [0.15, 0.2) is 8.32 Å². The summed E-state index contributed by atoms with van der Waals surface area (Å²) >= 11 is 9.95. The Morgan fingerprint density at radius 1 is 1.30 bits per heavy atom. The van der Waals surface area contributed by atoms with Crippen LogP contribution in [0, 0.1) is 5.92 Å². The van der Waals surface area contributed by atoms with Crippen LogP contribution < -0.4 is 4.74 Å². The molecule has 2 fully saturated rings. The predicted molar refractivity (Wildman–Crippen MR) is 122 cm³/mol. The first-order valence-electron chi connectivity index (χ1n) is 10.2. The van der Waals surface area contributed by atoms with Crippen molar-refractivity contribution in [2.75, 3.05) is 13.7 Å². The molecule has 0 unspecified atom stereocenters. The highest BCUT2D eigenvalue weighted by atomic mass is 79.9. The molecule has 0 aromatic heterocycles. The molecule has 0 N–H and O–H groups in total. The van der Waals surface area contributed by atoms with Crippen LogP contribution in [0.2, 0.25) is 23.2 Å². The van der Waals surface area contributed by atoms with Gasteiger partial charge in [-0.2, -0.15) is 5.06 Å². The molecule has 0 aliphatic carbocycles. The first-order chi connectivity index (χ1) is 13.9. The summed E-state index contributed by atoms with van der Waals surface area (Å²) in [6, 6.07) is 3.14. The van der Waals surface area contributed by atoms with Crippen LogP contribution in [0.4, 0.5) is 0 Å². The third-order valence-electron chi connectivity index (χ3n) is 6.55. The van der Waals surface area contributed by atoms with Gasteiger partial charge < -0.3 is 13.9 Å². The van der Waals surface area contributed by atoms with Gasteiger partial charge in [0.05, 0.1) is 30.7 Å². The number of benzene rings is 1. The Bertz CT molecular complexity index is 815. The average molecular weight is 521 g/mol. The van der Waals surface area contributed by atoms with E-state index in [1.54, 1.807) is 18.2 Å². The molecule has 168 valence electrons. The number of hydroxylamine groups is 2. The number of hydrogen-bond donors (Lipinski definition) is 0. The highest BCUT2D eigenvalue weighted by Crippen LogP contribution is 2.43. The van der Waals surface area contributed by atoms with E-state index in [1.807, 2.05) is 13.0 Å². The van der Waals surface area contributed by atoms with E-state index >= 15 is 0 Å². The maximum atomic E-state index is 12.6. The van der Waals surface area contributed by atoms with Crippen LogP contribution in [0.3, 0.4) is 0 Å². The van der Waals surface area contributed by atoms with E-state index in [2.05, 4.69) is 49.8 Å². The topological polar surface area (TPSA) is 57.2 Å². The van der Waals surface area contributed by atoms with Gasteiger partial charge in [0, 0.05) is 10.6 Å². The lowest BCUT2D eigenvalue weighted by atomic mass is 9.93. The molecule has 2 saturated heterocycles. The van der Waals surface area contributed by atoms with Crippen LogP contribution >= 0.6 is 27.5 Å². The summed E-state index contributed by atoms with van der Waals surface area (Å²) in [5, 5.41) is 2.33. The number of esters is 1. The largest absolute Gasteiger partial charge is 0.495 e. The lowest BCUT2D eigenvalue weighted by Crippen LogP contribution is -2.44. The van der Waals surface area contributed by atoms with Gasteiger partial charge in [0.1, 0.15) is 24.0 Å². The molecule has 0 amide bonds. The lowest BCUT2D eigenvalue weighted by Gasteiger charge is -2.37. The molecule has 2 heterocycles. The van der Waals surface area contributed by atoms with Crippen LogP contribution in [-0.2, 0) is 25.3 Å². The number of rotatable bonds is 6. The Kier molecular flexibility index (Phi) is 6.97. The molecule has 0 bridgehead atoms. The molecular formula is C21H31BrClNO5Si. The number of carbonyl (C=O) groups excluding carboxylic acids is 1. The van der Waals surface area contributed by atoms with Crippen LogP contribution in [-0.4, -0.2) is 51.3 Å². The molecule has 0 spiro atoms. The second kappa shape index (κ2) is 8.71. The highest BCUT2D eigenvalue weighted by molar-refractivity contribution is 9.10. The zero-order chi connectivity index (χ0) is 22.4. The van der Waals surface area contributed by atoms with Gasteiger partial charge in [-0.15, -0.1) is 0 Å². The standard InChI is InChI=1S/C21H31BrClNO5Si/c1-12-17-16(11-27-30(6,7)21(2,3)4)29-24(18(17)20(25)28-12)10-13-15(23)9-8-14(22)19(13)26-5/h8-9,12,16-18H,10-11H2,1-7H3/t12-,16-,17+,18-/m0/s1. The molecule has 2 aliphatic heterocycles. The van der Waals surface area contributed by atoms with E-state index < -0.39 is 14.4 Å². The number of nitrogens with zero attached hydrogens (tertiary/aromatic N) is 1. The Labute approximate surface area is 193 Å². The number of methoxy groups -OCH3 is 1. The SMILES string of the molecule is COc1c(Br)ccc(Cl)c1CN1O[C@@H](CO[Si](C)(C)C(C)(C)C)[C@H]2[C@H](C)OC(=O)[C@H]21. The van der Waals surface area contributed by atoms with Crippen LogP contribution in [0.5, 0.6) is 5.75 Å². The van der Waals surface area contributed by atoms with Crippen molar-refractivity contribution in [2.45, 2.75) is 70.6 Å². The first-order valence-corrected chi connectivity index (χ1v) is 14.2. The van der Waals surface area contributed by atoms with Crippen LogP contribution in [0.1, 0.15) is 33.3 Å². The lowest BCUT2D eigenvalue weighted by molar-refractivity contribution is -0.195. The zero-order valence-corrected chi connectivity index (χ0v) is 22.0. The second-order valence-electron chi connectivity index (χ2n) is 9.50. The fourth-order valence-corrected chi connectivity index (χ4v) is 5.51. The molecule has 4 atom stereocenters. The Balaban J connectivity index is 1.84. The number of ether oxygens (including phenoxy) is 2. The summed E-state index contributed by atoms with van der Waals surface area (Å²) in [5.41, 5.74) is 0.755. The van der Waals surface area contributed by atoms with Gasteiger partial charge in [-0.25, -0.2) is 0 Å². The van der Waals surface area contributed by atoms with Gasteiger partial charge in [0.25, 0.3) is 0 Å². The van der Waals surface area contributed by atoms with Crippen LogP contribution in [0.15, 0.2) is 16.6 Å². The molecule has 1 aromatic carbocycles. The second-order valence-corrected chi connectivity index (χ2v) is 15.6. The predicted octanol–water partition coefficient (Wildman–Crippen LogP) is 5.18. The van der Waals surface area contributed by atoms with Gasteiger partial charge in [-0.1, -0.05) is 32.4 Å². The molecule has 0 saturated carbocycles. The van der Waals surface area contributed by atoms with Gasteiger partial charge in [0.2, 0.25) is 0 Å². The van der Waals surface area contributed by atoms with E-state index in [-0.39, 0.29) is 29.1 Å². The van der Waals surface area contributed by atoms with Crippen molar-refractivity contribution in [1.82, 2.24) is 5.06 Å². The smallest absolute Gasteiger partial charge is 0.326 e. The van der Waals surface area contributed by atoms with E-state index in [4.69, 9.17) is 30.3 Å². The minimum absolute atomic E-state index is 0.0928. The third kappa shape index (κ3) is 4.45. The Morgan fingerprint density at radius 2 is 1.97 bits per heavy atom. The molecule has 6 nitrogen and oxygen atoms in total. The number of cyclic esters (lactones) is 1. The van der Waals surface area contributed by atoms with Crippen molar-refractivity contribution in [1.29, 1.82) is 0 Å². The summed E-state index contributed by atoms with van der Waals surface area (Å²) in [5.74, 6) is 0.259. The monoisotopic (exact) mass is 519 g/mol. The third-order valence-corrected chi connectivity index (χ3v) is 12.0. The van der Waals surface area contributed by atoms with Gasteiger partial charge in [-0.05, 0) is 53.1 Å². The van der Waals surface area contributed by atoms with Gasteiger partial charge >= 0.3 is 5.97 Å². The summed E-state index contributed by atoms with van der Waals surface area (Å²) < 4.78 is 18.3. The van der Waals surface area contributed by atoms with Crippen molar-refractivity contribution in [3.8, 4) is 5.75 Å². The quantitative estimate of drug-likeness (QED) is 0.381. The van der Waals surface area contributed by atoms with E-state index in [1.165, 1.54) is 0 Å². The number of halogens is 2. The van der Waals surface area contributed by atoms with Gasteiger partial charge in [-0.3, -0.25) is 9.63 Å². The van der Waals surface area contributed by atoms with Crippen molar-refractivity contribution in [3.63, 3.8) is 0 Å². The molecular weight excluding hydrogens is 490 g/mol. The average Bonchev–Trinajstić information content (AvgIpc) is 3.14. The summed E-state index contributed by atoms with van der Waals surface area (Å²) in [7, 11) is -0.362. The number of hydrogen-bond acceptors (Lipinski definition) is 6. The normalized spacial score (nSPS) is 27.3. The maximum Gasteiger partial charge on any atom is 0.326 e. The summed E-state index contributed by atoms with van der Waals surface area (Å²) in [4.78, 5) is 18.9. The molecule has 1 aromatic rings. The van der Waals surface area contributed by atoms with E-state index in [0.717, 1.165) is 10.0 Å². The molecule has 2 aliphatic rings. The minimum atomic E-state index is -1.95. The zero-order valence-electron chi connectivity index (χ0n) is 18.6. The first kappa shape index (κ1) is 24.0. The maximum absolute atomic E-state index is 12.6. The van der Waals surface area contributed by atoms with Crippen molar-refractivity contribution >= 4 is 41.8 Å².